The van der Waals surface area contributed by atoms with Crippen LogP contribution in [0, 0.1) is 0 Å². The molecule has 0 N–H and O–H groups in total. The van der Waals surface area contributed by atoms with Crippen LogP contribution in [0.1, 0.15) is 26.3 Å². The number of hydrogen-bond acceptors (Lipinski definition) is 6. The van der Waals surface area contributed by atoms with Gasteiger partial charge in [0.2, 0.25) is 5.78 Å². The minimum Gasteiger partial charge on any atom is -0.496 e. The van der Waals surface area contributed by atoms with Crippen LogP contribution in [0.5, 0.6) is 23.0 Å². The molecule has 0 fully saturated rings. The maximum atomic E-state index is 12.8. The molecule has 0 amide bonds. The highest BCUT2D eigenvalue weighted by molar-refractivity contribution is 6.37. The Balaban J connectivity index is 1.61. The van der Waals surface area contributed by atoms with Crippen molar-refractivity contribution in [3.8, 4) is 23.0 Å². The number of hydrogen-bond donors (Lipinski definition) is 0. The smallest absolute Gasteiger partial charge is 0.351 e. The molecule has 0 aromatic heterocycles. The Morgan fingerprint density at radius 1 is 0.938 bits per heavy atom. The SMILES string of the molecule is COc1cccc(OC)c1C(=O)Oc1ccc2c(c1)OC(=Cc1c(Cl)cccc1Cl)C2=O. The highest BCUT2D eigenvalue weighted by Crippen LogP contribution is 2.37. The van der Waals surface area contributed by atoms with E-state index < -0.39 is 5.97 Å². The fourth-order valence-corrected chi connectivity index (χ4v) is 3.73. The minimum atomic E-state index is -0.679. The van der Waals surface area contributed by atoms with Gasteiger partial charge in [-0.05, 0) is 42.5 Å². The van der Waals surface area contributed by atoms with E-state index in [9.17, 15) is 9.59 Å². The summed E-state index contributed by atoms with van der Waals surface area (Å²) in [5.41, 5.74) is 0.944. The third kappa shape index (κ3) is 4.02. The third-order valence-corrected chi connectivity index (χ3v) is 5.42. The van der Waals surface area contributed by atoms with E-state index in [2.05, 4.69) is 0 Å². The summed E-state index contributed by atoms with van der Waals surface area (Å²) in [6, 6.07) is 14.5. The van der Waals surface area contributed by atoms with Crippen LogP contribution in [0.4, 0.5) is 0 Å². The van der Waals surface area contributed by atoms with Gasteiger partial charge in [0, 0.05) is 21.7 Å². The lowest BCUT2D eigenvalue weighted by atomic mass is 10.1. The molecule has 3 aromatic carbocycles. The topological polar surface area (TPSA) is 71.1 Å². The number of rotatable bonds is 5. The zero-order chi connectivity index (χ0) is 22.8. The van der Waals surface area contributed by atoms with Crippen molar-refractivity contribution in [1.82, 2.24) is 0 Å². The summed E-state index contributed by atoms with van der Waals surface area (Å²) in [6.45, 7) is 0. The normalized spacial score (nSPS) is 13.5. The summed E-state index contributed by atoms with van der Waals surface area (Å²) >= 11 is 12.4. The quantitative estimate of drug-likeness (QED) is 0.264. The van der Waals surface area contributed by atoms with E-state index in [1.165, 1.54) is 38.5 Å². The van der Waals surface area contributed by atoms with Crippen molar-refractivity contribution in [3.05, 3.63) is 87.1 Å². The number of esters is 1. The molecular weight excluding hydrogens is 455 g/mol. The summed E-state index contributed by atoms with van der Waals surface area (Å²) in [5.74, 6) is 0.105. The van der Waals surface area contributed by atoms with Crippen molar-refractivity contribution in [1.29, 1.82) is 0 Å². The first-order valence-corrected chi connectivity index (χ1v) is 10.1. The van der Waals surface area contributed by atoms with Gasteiger partial charge in [0.25, 0.3) is 0 Å². The molecule has 1 heterocycles. The van der Waals surface area contributed by atoms with Crippen molar-refractivity contribution in [2.75, 3.05) is 14.2 Å². The number of fused-ring (bicyclic) bond motifs is 1. The third-order valence-electron chi connectivity index (χ3n) is 4.76. The van der Waals surface area contributed by atoms with Gasteiger partial charge in [-0.3, -0.25) is 4.79 Å². The molecule has 1 aliphatic heterocycles. The molecule has 32 heavy (non-hydrogen) atoms. The molecule has 0 radical (unpaired) electrons. The van der Waals surface area contributed by atoms with Gasteiger partial charge in [-0.15, -0.1) is 0 Å². The Bertz CT molecular complexity index is 1220. The van der Waals surface area contributed by atoms with Crippen LogP contribution in [0.3, 0.4) is 0 Å². The number of benzene rings is 3. The maximum Gasteiger partial charge on any atom is 0.351 e. The summed E-state index contributed by atoms with van der Waals surface area (Å²) in [5, 5.41) is 0.774. The van der Waals surface area contributed by atoms with Crippen molar-refractivity contribution in [3.63, 3.8) is 0 Å². The average molecular weight is 471 g/mol. The zero-order valence-electron chi connectivity index (χ0n) is 17.0. The fourth-order valence-electron chi connectivity index (χ4n) is 3.22. The molecule has 0 atom stereocenters. The number of Topliss-reactive ketones (excluding diaryl/α,β-unsaturated/α-hetero) is 1. The van der Waals surface area contributed by atoms with E-state index in [1.54, 1.807) is 36.4 Å². The molecule has 0 saturated heterocycles. The van der Waals surface area contributed by atoms with Crippen LogP contribution < -0.4 is 18.9 Å². The molecule has 8 heteroatoms. The molecule has 162 valence electrons. The fraction of sp³-hybridized carbons (Fsp3) is 0.0833. The molecule has 1 aliphatic rings. The molecule has 0 saturated carbocycles. The van der Waals surface area contributed by atoms with E-state index >= 15 is 0 Å². The van der Waals surface area contributed by atoms with Crippen LogP contribution >= 0.6 is 23.2 Å². The Hall–Kier alpha value is -3.48. The second-order valence-corrected chi connectivity index (χ2v) is 7.47. The van der Waals surface area contributed by atoms with Crippen LogP contribution in [0.2, 0.25) is 10.0 Å². The van der Waals surface area contributed by atoms with Gasteiger partial charge in [-0.25, -0.2) is 4.79 Å². The van der Waals surface area contributed by atoms with Crippen molar-refractivity contribution in [2.45, 2.75) is 0 Å². The molecule has 3 aromatic rings. The van der Waals surface area contributed by atoms with Crippen LogP contribution in [-0.4, -0.2) is 26.0 Å². The van der Waals surface area contributed by atoms with Crippen molar-refractivity contribution < 1.29 is 28.5 Å². The van der Waals surface area contributed by atoms with Gasteiger partial charge >= 0.3 is 5.97 Å². The maximum absolute atomic E-state index is 12.8. The van der Waals surface area contributed by atoms with Crippen molar-refractivity contribution >= 4 is 41.0 Å². The molecule has 4 rings (SSSR count). The summed E-state index contributed by atoms with van der Waals surface area (Å²) in [4.78, 5) is 25.5. The van der Waals surface area contributed by atoms with E-state index in [0.717, 1.165) is 0 Å². The molecule has 0 spiro atoms. The Labute approximate surface area is 193 Å². The second-order valence-electron chi connectivity index (χ2n) is 6.66. The Morgan fingerprint density at radius 2 is 1.56 bits per heavy atom. The van der Waals surface area contributed by atoms with E-state index in [1.807, 2.05) is 0 Å². The highest BCUT2D eigenvalue weighted by Gasteiger charge is 2.29. The minimum absolute atomic E-state index is 0.0601. The van der Waals surface area contributed by atoms with Gasteiger partial charge in [-0.1, -0.05) is 35.3 Å². The highest BCUT2D eigenvalue weighted by atomic mass is 35.5. The number of allylic oxidation sites excluding steroid dienone is 1. The molecule has 0 bridgehead atoms. The number of carbonyl (C=O) groups excluding carboxylic acids is 2. The first-order chi connectivity index (χ1) is 15.4. The van der Waals surface area contributed by atoms with Crippen molar-refractivity contribution in [2.24, 2.45) is 0 Å². The first-order valence-electron chi connectivity index (χ1n) is 9.38. The summed E-state index contributed by atoms with van der Waals surface area (Å²) in [7, 11) is 2.89. The number of methoxy groups -OCH3 is 2. The standard InChI is InChI=1S/C24H16Cl2O6/c1-29-18-7-4-8-19(30-2)22(18)24(28)31-13-9-10-14-20(11-13)32-21(23(14)27)12-15-16(25)5-3-6-17(15)26/h3-12H,1-2H3. The average Bonchev–Trinajstić information content (AvgIpc) is 3.10. The summed E-state index contributed by atoms with van der Waals surface area (Å²) < 4.78 is 21.7. The molecular formula is C24H16Cl2O6. The predicted molar refractivity (Wildman–Crippen MR) is 120 cm³/mol. The lowest BCUT2D eigenvalue weighted by Gasteiger charge is -2.12. The lowest BCUT2D eigenvalue weighted by Crippen LogP contribution is -2.12. The zero-order valence-corrected chi connectivity index (χ0v) is 18.5. The largest absolute Gasteiger partial charge is 0.496 e. The second kappa shape index (κ2) is 8.94. The van der Waals surface area contributed by atoms with Gasteiger partial charge in [0.05, 0.1) is 19.8 Å². The lowest BCUT2D eigenvalue weighted by molar-refractivity contribution is 0.0727. The van der Waals surface area contributed by atoms with E-state index in [0.29, 0.717) is 32.7 Å². The number of ketones is 1. The first kappa shape index (κ1) is 21.7. The van der Waals surface area contributed by atoms with Crippen LogP contribution in [0.25, 0.3) is 6.08 Å². The van der Waals surface area contributed by atoms with Gasteiger partial charge in [0.15, 0.2) is 5.76 Å². The summed E-state index contributed by atoms with van der Waals surface area (Å²) in [6.07, 6.45) is 1.48. The van der Waals surface area contributed by atoms with E-state index in [-0.39, 0.29) is 28.6 Å². The van der Waals surface area contributed by atoms with Crippen LogP contribution in [0.15, 0.2) is 60.4 Å². The van der Waals surface area contributed by atoms with Gasteiger partial charge in [-0.2, -0.15) is 0 Å². The Kier molecular flexibility index (Phi) is 6.08. The molecule has 0 aliphatic carbocycles. The van der Waals surface area contributed by atoms with E-state index in [4.69, 9.17) is 42.1 Å². The number of ether oxygens (including phenoxy) is 4. The molecule has 0 unspecified atom stereocenters. The van der Waals surface area contributed by atoms with Crippen LogP contribution in [-0.2, 0) is 0 Å². The number of carbonyl (C=O) groups is 2. The molecule has 6 nitrogen and oxygen atoms in total. The van der Waals surface area contributed by atoms with Gasteiger partial charge in [0.1, 0.15) is 28.6 Å². The monoisotopic (exact) mass is 470 g/mol. The van der Waals surface area contributed by atoms with Gasteiger partial charge < -0.3 is 18.9 Å². The predicted octanol–water partition coefficient (Wildman–Crippen LogP) is 5.85. The number of halogens is 2. The Morgan fingerprint density at radius 3 is 2.19 bits per heavy atom.